The smallest absolute Gasteiger partial charge is 0.409 e. The van der Waals surface area contributed by atoms with Gasteiger partial charge in [0.2, 0.25) is 11.8 Å². The molecule has 0 spiro atoms. The number of carbonyl (C=O) groups excluding carboxylic acids is 6. The lowest BCUT2D eigenvalue weighted by Gasteiger charge is -2.36. The molecule has 0 saturated carbocycles. The Morgan fingerprint density at radius 1 is 0.882 bits per heavy atom. The molecular formula is C35H45FN6O9. The van der Waals surface area contributed by atoms with E-state index in [9.17, 15) is 33.2 Å². The number of likely N-dealkylation sites (tertiary alicyclic amines) is 2. The maximum Gasteiger partial charge on any atom is 0.409 e. The molecule has 1 N–H and O–H groups in total. The van der Waals surface area contributed by atoms with Crippen molar-refractivity contribution in [3.8, 4) is 5.75 Å². The van der Waals surface area contributed by atoms with E-state index in [2.05, 4.69) is 10.3 Å². The maximum absolute atomic E-state index is 14.3. The number of benzene rings is 1. The highest BCUT2D eigenvalue weighted by atomic mass is 19.1. The molecule has 0 unspecified atom stereocenters. The van der Waals surface area contributed by atoms with E-state index >= 15 is 0 Å². The Morgan fingerprint density at radius 3 is 2.29 bits per heavy atom. The minimum atomic E-state index is -1.16. The quantitative estimate of drug-likeness (QED) is 0.322. The Balaban J connectivity index is 1.31. The fourth-order valence-electron chi connectivity index (χ4n) is 6.63. The van der Waals surface area contributed by atoms with Crippen molar-refractivity contribution in [2.24, 2.45) is 0 Å². The average Bonchev–Trinajstić information content (AvgIpc) is 3.85. The molecule has 5 amide bonds. The van der Waals surface area contributed by atoms with Gasteiger partial charge in [0.1, 0.15) is 29.3 Å². The number of aromatic nitrogens is 1. The van der Waals surface area contributed by atoms with Crippen LogP contribution in [-0.2, 0) is 28.7 Å². The van der Waals surface area contributed by atoms with Gasteiger partial charge in [-0.05, 0) is 58.1 Å². The predicted octanol–water partition coefficient (Wildman–Crippen LogP) is 2.11. The number of pyridine rings is 1. The maximum atomic E-state index is 14.3. The minimum Gasteiger partial charge on any atom is -0.483 e. The lowest BCUT2D eigenvalue weighted by Crippen LogP contribution is -2.56. The van der Waals surface area contributed by atoms with Gasteiger partial charge in [-0.2, -0.15) is 0 Å². The van der Waals surface area contributed by atoms with Crippen molar-refractivity contribution in [1.82, 2.24) is 29.9 Å². The van der Waals surface area contributed by atoms with Crippen LogP contribution in [0.4, 0.5) is 9.18 Å². The number of carbonyl (C=O) groups is 6. The molecule has 1 aromatic heterocycles. The Kier molecular flexibility index (Phi) is 12.6. The molecule has 3 aliphatic rings. The van der Waals surface area contributed by atoms with Gasteiger partial charge >= 0.3 is 12.1 Å². The molecule has 15 nitrogen and oxygen atoms in total. The first-order valence-corrected chi connectivity index (χ1v) is 17.6. The molecule has 5 rings (SSSR count). The summed E-state index contributed by atoms with van der Waals surface area (Å²) in [7, 11) is 0. The summed E-state index contributed by atoms with van der Waals surface area (Å²) in [6, 6.07) is 3.35. The monoisotopic (exact) mass is 712 g/mol. The Bertz CT molecular complexity index is 1630. The Labute approximate surface area is 295 Å². The summed E-state index contributed by atoms with van der Waals surface area (Å²) in [4.78, 5) is 88.8. The normalized spacial score (nSPS) is 18.1. The second-order valence-electron chi connectivity index (χ2n) is 12.6. The summed E-state index contributed by atoms with van der Waals surface area (Å²) in [5.74, 6) is -2.78. The van der Waals surface area contributed by atoms with E-state index in [1.165, 1.54) is 32.9 Å². The molecule has 3 aliphatic heterocycles. The number of nitrogens with zero attached hydrogens (tertiary/aromatic N) is 5. The third-order valence-electron chi connectivity index (χ3n) is 9.26. The van der Waals surface area contributed by atoms with Crippen LogP contribution in [0.2, 0.25) is 0 Å². The average molecular weight is 713 g/mol. The van der Waals surface area contributed by atoms with Crippen LogP contribution >= 0.6 is 0 Å². The molecule has 1 aromatic carbocycles. The molecular weight excluding hydrogens is 667 g/mol. The second-order valence-corrected chi connectivity index (χ2v) is 12.6. The van der Waals surface area contributed by atoms with Crippen molar-refractivity contribution in [2.75, 3.05) is 65.6 Å². The number of halogens is 1. The van der Waals surface area contributed by atoms with Crippen molar-refractivity contribution in [1.29, 1.82) is 0 Å². The van der Waals surface area contributed by atoms with Gasteiger partial charge in [-0.1, -0.05) is 0 Å². The lowest BCUT2D eigenvalue weighted by molar-refractivity contribution is -0.144. The first-order valence-electron chi connectivity index (χ1n) is 17.6. The van der Waals surface area contributed by atoms with Crippen LogP contribution in [-0.4, -0.2) is 138 Å². The summed E-state index contributed by atoms with van der Waals surface area (Å²) in [6.07, 6.45) is 2.43. The number of hydrogen-bond acceptors (Lipinski definition) is 10. The number of amides is 5. The summed E-state index contributed by atoms with van der Waals surface area (Å²) >= 11 is 0. The van der Waals surface area contributed by atoms with E-state index < -0.39 is 54.3 Å². The predicted molar refractivity (Wildman–Crippen MR) is 180 cm³/mol. The number of nitrogens with one attached hydrogen (secondary N) is 1. The van der Waals surface area contributed by atoms with E-state index in [0.29, 0.717) is 37.9 Å². The second kappa shape index (κ2) is 17.3. The zero-order valence-electron chi connectivity index (χ0n) is 29.1. The fraction of sp³-hybridized carbons (Fsp3) is 0.571. The lowest BCUT2D eigenvalue weighted by atomic mass is 10.1. The van der Waals surface area contributed by atoms with E-state index in [-0.39, 0.29) is 75.1 Å². The number of piperazine rings is 1. The van der Waals surface area contributed by atoms with Crippen molar-refractivity contribution < 1.29 is 47.4 Å². The van der Waals surface area contributed by atoms with E-state index in [4.69, 9.17) is 14.2 Å². The Morgan fingerprint density at radius 2 is 1.59 bits per heavy atom. The molecule has 51 heavy (non-hydrogen) atoms. The van der Waals surface area contributed by atoms with E-state index in [1.807, 2.05) is 0 Å². The van der Waals surface area contributed by atoms with Gasteiger partial charge in [-0.3, -0.25) is 24.0 Å². The van der Waals surface area contributed by atoms with Crippen LogP contribution in [0.5, 0.6) is 5.75 Å². The largest absolute Gasteiger partial charge is 0.483 e. The van der Waals surface area contributed by atoms with Crippen molar-refractivity contribution in [3.63, 3.8) is 0 Å². The summed E-state index contributed by atoms with van der Waals surface area (Å²) < 4.78 is 30.4. The summed E-state index contributed by atoms with van der Waals surface area (Å²) in [5.41, 5.74) is -0.127. The van der Waals surface area contributed by atoms with Gasteiger partial charge < -0.3 is 39.1 Å². The highest BCUT2D eigenvalue weighted by molar-refractivity contribution is 5.99. The molecule has 3 saturated heterocycles. The zero-order chi connectivity index (χ0) is 36.5. The third kappa shape index (κ3) is 9.21. The number of esters is 1. The van der Waals surface area contributed by atoms with Crippen LogP contribution in [0.15, 0.2) is 24.3 Å². The van der Waals surface area contributed by atoms with Crippen LogP contribution in [0.25, 0.3) is 10.9 Å². The van der Waals surface area contributed by atoms with Crippen molar-refractivity contribution in [2.45, 2.75) is 64.5 Å². The minimum absolute atomic E-state index is 0.0601. The van der Waals surface area contributed by atoms with E-state index in [1.54, 1.807) is 18.7 Å². The topological polar surface area (TPSA) is 168 Å². The van der Waals surface area contributed by atoms with Gasteiger partial charge in [-0.25, -0.2) is 14.2 Å². The number of rotatable bonds is 12. The third-order valence-corrected chi connectivity index (χ3v) is 9.26. The number of fused-ring (bicyclic) bond motifs is 1. The van der Waals surface area contributed by atoms with Gasteiger partial charge in [0.05, 0.1) is 18.7 Å². The van der Waals surface area contributed by atoms with Crippen LogP contribution in [0.1, 0.15) is 62.9 Å². The standard InChI is InChI=1S/C35H45FN6O9/c1-3-49-31(44)12-11-25(33(46)40-16-18-41(19-17-40)35(48)50-4-2)38-32(45)27-21-29(24-10-9-23(36)20-26(24)37-27)51-22-30(43)42-15-7-8-28(42)34(47)39-13-5-6-14-39/h9-10,20-21,25,28H,3-8,11-19,22H2,1-2H3,(H,38,45)/t25-,28-/m0/s1. The molecule has 3 fully saturated rings. The first kappa shape index (κ1) is 37.2. The summed E-state index contributed by atoms with van der Waals surface area (Å²) in [6.45, 7) is 5.90. The van der Waals surface area contributed by atoms with Gasteiger partial charge in [-0.15, -0.1) is 0 Å². The van der Waals surface area contributed by atoms with Crippen LogP contribution in [0, 0.1) is 5.82 Å². The highest BCUT2D eigenvalue weighted by Gasteiger charge is 2.37. The molecule has 0 bridgehead atoms. The first-order chi connectivity index (χ1) is 24.6. The number of ether oxygens (including phenoxy) is 3. The fourth-order valence-corrected chi connectivity index (χ4v) is 6.63. The SMILES string of the molecule is CCOC(=O)CC[C@H](NC(=O)c1cc(OCC(=O)N2CCC[C@H]2C(=O)N2CCCC2)c2ccc(F)cc2n1)C(=O)N1CCN(C(=O)OCC)CC1. The van der Waals surface area contributed by atoms with E-state index in [0.717, 1.165) is 18.9 Å². The molecule has 2 aromatic rings. The molecule has 16 heteroatoms. The molecule has 276 valence electrons. The van der Waals surface area contributed by atoms with Gasteiger partial charge in [0.15, 0.2) is 6.61 Å². The van der Waals surface area contributed by atoms with Gasteiger partial charge in [0, 0.05) is 69.8 Å². The Hall–Kier alpha value is -5.02. The van der Waals surface area contributed by atoms with Crippen LogP contribution < -0.4 is 10.1 Å². The molecule has 2 atom stereocenters. The van der Waals surface area contributed by atoms with Crippen molar-refractivity contribution in [3.05, 3.63) is 35.8 Å². The molecule has 4 heterocycles. The van der Waals surface area contributed by atoms with Crippen LogP contribution in [0.3, 0.4) is 0 Å². The molecule has 0 aliphatic carbocycles. The van der Waals surface area contributed by atoms with Gasteiger partial charge in [0.25, 0.3) is 11.8 Å². The molecule has 0 radical (unpaired) electrons. The summed E-state index contributed by atoms with van der Waals surface area (Å²) in [5, 5.41) is 3.02. The van der Waals surface area contributed by atoms with Crippen molar-refractivity contribution >= 4 is 46.6 Å². The zero-order valence-corrected chi connectivity index (χ0v) is 29.1. The highest BCUT2D eigenvalue weighted by Crippen LogP contribution is 2.28. The number of hydrogen-bond donors (Lipinski definition) is 1.